The summed E-state index contributed by atoms with van der Waals surface area (Å²) in [4.78, 5) is 0. The first kappa shape index (κ1) is 37.9. The van der Waals surface area contributed by atoms with Crippen molar-refractivity contribution in [2.75, 3.05) is 0 Å². The number of aromatic nitrogens is 2. The molecule has 1 aliphatic rings. The number of hydrogen-bond donors (Lipinski definition) is 0. The Labute approximate surface area is 390 Å². The van der Waals surface area contributed by atoms with Gasteiger partial charge in [-0.05, 0) is 123 Å². The van der Waals surface area contributed by atoms with Crippen LogP contribution in [-0.2, 0) is 0 Å². The van der Waals surface area contributed by atoms with Gasteiger partial charge in [-0.3, -0.25) is 0 Å². The molecule has 1 aliphatic carbocycles. The molecule has 0 fully saturated rings. The Morgan fingerprint density at radius 3 is 1.57 bits per heavy atom. The van der Waals surface area contributed by atoms with Gasteiger partial charge in [0.05, 0.1) is 50.3 Å². The lowest BCUT2D eigenvalue weighted by Crippen LogP contribution is -2.07. The topological polar surface area (TPSA) is 70.6 Å². The zero-order chi connectivity index (χ0) is 45.0. The highest BCUT2D eigenvalue weighted by atomic mass is 16.3. The first-order valence-corrected chi connectivity index (χ1v) is 22.9. The molecule has 5 heteroatoms. The lowest BCUT2D eigenvalue weighted by molar-refractivity contribution is 0.673. The van der Waals surface area contributed by atoms with Gasteiger partial charge in [0, 0.05) is 38.5 Å². The molecule has 3 aromatic heterocycles. The van der Waals surface area contributed by atoms with E-state index in [1.165, 1.54) is 10.8 Å². The van der Waals surface area contributed by atoms with E-state index < -0.39 is 0 Å². The van der Waals surface area contributed by atoms with Crippen LogP contribution in [0.15, 0.2) is 217 Å². The van der Waals surface area contributed by atoms with E-state index in [4.69, 9.17) is 4.42 Å². The predicted octanol–water partition coefficient (Wildman–Crippen LogP) is 16.0. The Hall–Kier alpha value is -9.42. The van der Waals surface area contributed by atoms with Crippen LogP contribution in [0.25, 0.3) is 110 Å². The quantitative estimate of drug-likeness (QED) is 0.173. The van der Waals surface area contributed by atoms with E-state index in [-0.39, 0.29) is 5.92 Å². The monoisotopic (exact) mass is 864 g/mol. The van der Waals surface area contributed by atoms with E-state index in [1.807, 2.05) is 30.3 Å². The molecule has 3 heterocycles. The molecule has 0 unspecified atom stereocenters. The van der Waals surface area contributed by atoms with Crippen LogP contribution >= 0.6 is 0 Å². The van der Waals surface area contributed by atoms with E-state index in [0.717, 1.165) is 111 Å². The molecule has 14 rings (SSSR count). The first-order valence-electron chi connectivity index (χ1n) is 22.9. The van der Waals surface area contributed by atoms with Gasteiger partial charge in [-0.2, -0.15) is 10.5 Å². The van der Waals surface area contributed by atoms with Crippen molar-refractivity contribution < 1.29 is 4.42 Å². The first-order chi connectivity index (χ1) is 33.6. The smallest absolute Gasteiger partial charge is 0.145 e. The van der Waals surface area contributed by atoms with Gasteiger partial charge in [0.2, 0.25) is 0 Å². The molecule has 0 amide bonds. The zero-order valence-corrected chi connectivity index (χ0v) is 36.5. The van der Waals surface area contributed by atoms with E-state index in [0.29, 0.717) is 16.8 Å². The molecule has 68 heavy (non-hydrogen) atoms. The maximum absolute atomic E-state index is 11.1. The van der Waals surface area contributed by atoms with Crippen molar-refractivity contribution in [3.05, 3.63) is 240 Å². The maximum atomic E-state index is 11.1. The van der Waals surface area contributed by atoms with Crippen LogP contribution < -0.4 is 0 Å². The van der Waals surface area contributed by atoms with Gasteiger partial charge in [0.25, 0.3) is 0 Å². The zero-order valence-electron chi connectivity index (χ0n) is 36.5. The van der Waals surface area contributed by atoms with Gasteiger partial charge in [-0.1, -0.05) is 140 Å². The fourth-order valence-electron chi connectivity index (χ4n) is 11.3. The van der Waals surface area contributed by atoms with Crippen molar-refractivity contribution in [2.45, 2.75) is 5.92 Å². The number of fused-ring (bicyclic) bond motifs is 13. The van der Waals surface area contributed by atoms with E-state index in [2.05, 4.69) is 197 Å². The molecule has 0 radical (unpaired) electrons. The highest BCUT2D eigenvalue weighted by Gasteiger charge is 2.34. The second-order valence-corrected chi connectivity index (χ2v) is 17.8. The second-order valence-electron chi connectivity index (χ2n) is 17.8. The number of furan rings is 1. The van der Waals surface area contributed by atoms with Gasteiger partial charge in [0.1, 0.15) is 17.2 Å². The fraction of sp³-hybridized carbons (Fsp3) is 0.0159. The van der Waals surface area contributed by atoms with Crippen LogP contribution in [0.1, 0.15) is 33.7 Å². The standard InChI is InChI=1S/C63H36N4O/c64-36-42-31-43(37-65)59(35-51(42)61-48-26-23-40(38-13-3-1-4-14-38)32-52(48)53-33-41(24-27-49(53)61)39-15-5-2-6-16-39)67-57-29-25-44(66-55-20-10-7-17-45(55)46-18-8-11-21-56(46)66)34-54(57)62-58(67)30-28-50-47-19-9-12-22-60(47)68-63(50)62/h1-35,61H. The molecule has 0 saturated carbocycles. The normalized spacial score (nSPS) is 12.3. The summed E-state index contributed by atoms with van der Waals surface area (Å²) in [5, 5.41) is 28.5. The number of hydrogen-bond acceptors (Lipinski definition) is 3. The third-order valence-corrected chi connectivity index (χ3v) is 14.3. The molecule has 314 valence electrons. The summed E-state index contributed by atoms with van der Waals surface area (Å²) < 4.78 is 11.4. The van der Waals surface area contributed by atoms with Crippen LogP contribution in [0.4, 0.5) is 0 Å². The van der Waals surface area contributed by atoms with Crippen molar-refractivity contribution in [2.24, 2.45) is 0 Å². The summed E-state index contributed by atoms with van der Waals surface area (Å²) in [7, 11) is 0. The summed E-state index contributed by atoms with van der Waals surface area (Å²) in [5.74, 6) is -0.270. The molecular formula is C63H36N4O. The van der Waals surface area contributed by atoms with Gasteiger partial charge in [-0.15, -0.1) is 0 Å². The van der Waals surface area contributed by atoms with Gasteiger partial charge in [0.15, 0.2) is 0 Å². The van der Waals surface area contributed by atoms with Gasteiger partial charge >= 0.3 is 0 Å². The SMILES string of the molecule is N#Cc1cc(C#N)c(-n2c3ccc(-n4c5ccccc5c5ccccc54)cc3c3c4oc5ccccc5c4ccc32)cc1C1c2ccc(-c3ccccc3)cc2-c2cc(-c3ccccc3)ccc21. The molecule has 13 aromatic rings. The molecule has 0 N–H and O–H groups in total. The lowest BCUT2D eigenvalue weighted by Gasteiger charge is -2.20. The summed E-state index contributed by atoms with van der Waals surface area (Å²) in [5.41, 5.74) is 18.2. The average molecular weight is 865 g/mol. The van der Waals surface area contributed by atoms with Gasteiger partial charge in [-0.25, -0.2) is 0 Å². The van der Waals surface area contributed by atoms with Crippen molar-refractivity contribution in [1.29, 1.82) is 10.5 Å². The number of para-hydroxylation sites is 3. The molecule has 0 saturated heterocycles. The summed E-state index contributed by atoms with van der Waals surface area (Å²) in [6.07, 6.45) is 0. The third-order valence-electron chi connectivity index (χ3n) is 14.3. The Morgan fingerprint density at radius 2 is 0.941 bits per heavy atom. The van der Waals surface area contributed by atoms with Crippen LogP contribution in [-0.4, -0.2) is 9.13 Å². The number of benzene rings is 10. The fourth-order valence-corrected chi connectivity index (χ4v) is 11.3. The molecule has 0 atom stereocenters. The Kier molecular flexibility index (Phi) is 8.11. The molecule has 0 spiro atoms. The average Bonchev–Trinajstić information content (AvgIpc) is 4.14. The number of rotatable bonds is 5. The van der Waals surface area contributed by atoms with Crippen molar-refractivity contribution in [1.82, 2.24) is 9.13 Å². The minimum absolute atomic E-state index is 0.270. The Bertz CT molecular complexity index is 4200. The minimum Gasteiger partial charge on any atom is -0.455 e. The van der Waals surface area contributed by atoms with E-state index in [1.54, 1.807) is 6.07 Å². The summed E-state index contributed by atoms with van der Waals surface area (Å²) in [6.45, 7) is 0. The van der Waals surface area contributed by atoms with E-state index in [9.17, 15) is 10.5 Å². The Morgan fingerprint density at radius 1 is 0.382 bits per heavy atom. The van der Waals surface area contributed by atoms with Crippen LogP contribution in [0.5, 0.6) is 0 Å². The van der Waals surface area contributed by atoms with E-state index >= 15 is 0 Å². The van der Waals surface area contributed by atoms with Crippen molar-refractivity contribution in [3.63, 3.8) is 0 Å². The summed E-state index contributed by atoms with van der Waals surface area (Å²) in [6, 6.07) is 79.6. The minimum atomic E-state index is -0.270. The van der Waals surface area contributed by atoms with Crippen molar-refractivity contribution in [3.8, 4) is 56.9 Å². The number of nitrogens with zero attached hydrogens (tertiary/aromatic N) is 4. The van der Waals surface area contributed by atoms with Crippen LogP contribution in [0, 0.1) is 22.7 Å². The van der Waals surface area contributed by atoms with Crippen LogP contribution in [0.3, 0.4) is 0 Å². The molecule has 0 aliphatic heterocycles. The second kappa shape index (κ2) is 14.5. The predicted molar refractivity (Wildman–Crippen MR) is 276 cm³/mol. The highest BCUT2D eigenvalue weighted by Crippen LogP contribution is 2.52. The molecular weight excluding hydrogens is 829 g/mol. The Balaban J connectivity index is 1.04. The van der Waals surface area contributed by atoms with Gasteiger partial charge < -0.3 is 13.6 Å². The molecule has 5 nitrogen and oxygen atoms in total. The largest absolute Gasteiger partial charge is 0.455 e. The molecule has 0 bridgehead atoms. The molecule has 10 aromatic carbocycles. The maximum Gasteiger partial charge on any atom is 0.145 e. The number of nitriles is 2. The van der Waals surface area contributed by atoms with Crippen molar-refractivity contribution >= 4 is 65.6 Å². The van der Waals surface area contributed by atoms with Crippen LogP contribution in [0.2, 0.25) is 0 Å². The highest BCUT2D eigenvalue weighted by molar-refractivity contribution is 6.24. The third kappa shape index (κ3) is 5.42. The lowest BCUT2D eigenvalue weighted by atomic mass is 9.84. The summed E-state index contributed by atoms with van der Waals surface area (Å²) >= 11 is 0.